The van der Waals surface area contributed by atoms with Gasteiger partial charge in [-0.3, -0.25) is 4.79 Å². The quantitative estimate of drug-likeness (QED) is 0.830. The average Bonchev–Trinajstić information content (AvgIpc) is 2.38. The van der Waals surface area contributed by atoms with E-state index in [1.165, 1.54) is 6.07 Å². The van der Waals surface area contributed by atoms with Crippen molar-refractivity contribution in [2.75, 3.05) is 33.2 Å². The Morgan fingerprint density at radius 1 is 1.20 bits per heavy atom. The van der Waals surface area contributed by atoms with E-state index >= 15 is 0 Å². The molecule has 0 saturated carbocycles. The van der Waals surface area contributed by atoms with Crippen LogP contribution >= 0.6 is 0 Å². The summed E-state index contributed by atoms with van der Waals surface area (Å²) >= 11 is 0. The molecule has 1 fully saturated rings. The van der Waals surface area contributed by atoms with E-state index in [4.69, 9.17) is 0 Å². The second-order valence-electron chi connectivity index (χ2n) is 5.06. The molecular weight excluding hydrogens is 269 g/mol. The van der Waals surface area contributed by atoms with Gasteiger partial charge in [-0.2, -0.15) is 13.2 Å². The van der Waals surface area contributed by atoms with Gasteiger partial charge in [0.2, 0.25) is 5.91 Å². The third-order valence-electron chi connectivity index (χ3n) is 3.47. The fourth-order valence-corrected chi connectivity index (χ4v) is 2.20. The highest BCUT2D eigenvalue weighted by Crippen LogP contribution is 2.29. The van der Waals surface area contributed by atoms with Gasteiger partial charge in [0.1, 0.15) is 0 Å². The van der Waals surface area contributed by atoms with E-state index in [2.05, 4.69) is 4.90 Å². The van der Waals surface area contributed by atoms with Gasteiger partial charge >= 0.3 is 6.18 Å². The van der Waals surface area contributed by atoms with Crippen molar-refractivity contribution >= 4 is 5.91 Å². The van der Waals surface area contributed by atoms with Crippen LogP contribution in [0.4, 0.5) is 13.2 Å². The summed E-state index contributed by atoms with van der Waals surface area (Å²) in [5.74, 6) is -0.113. The lowest BCUT2D eigenvalue weighted by molar-refractivity contribution is -0.138. The minimum absolute atomic E-state index is 0.0215. The van der Waals surface area contributed by atoms with Gasteiger partial charge in [0, 0.05) is 26.2 Å². The summed E-state index contributed by atoms with van der Waals surface area (Å²) in [5.41, 5.74) is -0.301. The topological polar surface area (TPSA) is 23.6 Å². The first-order valence-corrected chi connectivity index (χ1v) is 6.49. The SMILES string of the molecule is CN1CCN(C(=O)Cc2cccc(C(F)(F)F)c2)CC1. The van der Waals surface area contributed by atoms with E-state index < -0.39 is 11.7 Å². The molecular formula is C14H17F3N2O. The molecule has 1 aliphatic rings. The summed E-state index contributed by atoms with van der Waals surface area (Å²) < 4.78 is 37.8. The molecule has 1 aliphatic heterocycles. The molecule has 0 unspecified atom stereocenters. The zero-order valence-corrected chi connectivity index (χ0v) is 11.3. The Kier molecular flexibility index (Phi) is 4.32. The van der Waals surface area contributed by atoms with Crippen LogP contribution in [0.15, 0.2) is 24.3 Å². The molecule has 0 atom stereocenters. The minimum Gasteiger partial charge on any atom is -0.340 e. The van der Waals surface area contributed by atoms with Gasteiger partial charge in [0.25, 0.3) is 0 Å². The van der Waals surface area contributed by atoms with Gasteiger partial charge < -0.3 is 9.80 Å². The van der Waals surface area contributed by atoms with Crippen molar-refractivity contribution in [3.8, 4) is 0 Å². The van der Waals surface area contributed by atoms with Gasteiger partial charge in [-0.25, -0.2) is 0 Å². The molecule has 0 spiro atoms. The van der Waals surface area contributed by atoms with Crippen LogP contribution in [-0.2, 0) is 17.4 Å². The minimum atomic E-state index is -4.37. The maximum Gasteiger partial charge on any atom is 0.416 e. The number of nitrogens with zero attached hydrogens (tertiary/aromatic N) is 2. The maximum absolute atomic E-state index is 12.6. The van der Waals surface area contributed by atoms with Crippen LogP contribution in [0.1, 0.15) is 11.1 Å². The first-order chi connectivity index (χ1) is 9.36. The Morgan fingerprint density at radius 2 is 1.85 bits per heavy atom. The van der Waals surface area contributed by atoms with Crippen LogP contribution in [-0.4, -0.2) is 48.9 Å². The molecule has 110 valence electrons. The zero-order chi connectivity index (χ0) is 14.8. The third kappa shape index (κ3) is 3.72. The van der Waals surface area contributed by atoms with Crippen LogP contribution in [0.3, 0.4) is 0 Å². The first-order valence-electron chi connectivity index (χ1n) is 6.49. The number of hydrogen-bond donors (Lipinski definition) is 0. The van der Waals surface area contributed by atoms with E-state index in [1.807, 2.05) is 7.05 Å². The largest absolute Gasteiger partial charge is 0.416 e. The van der Waals surface area contributed by atoms with E-state index in [-0.39, 0.29) is 12.3 Å². The first kappa shape index (κ1) is 14.8. The lowest BCUT2D eigenvalue weighted by Gasteiger charge is -2.32. The van der Waals surface area contributed by atoms with E-state index in [1.54, 1.807) is 11.0 Å². The number of benzene rings is 1. The normalized spacial score (nSPS) is 17.3. The molecule has 2 rings (SSSR count). The Labute approximate surface area is 116 Å². The van der Waals surface area contributed by atoms with Gasteiger partial charge in [0.15, 0.2) is 0 Å². The van der Waals surface area contributed by atoms with E-state index in [9.17, 15) is 18.0 Å². The molecule has 1 aromatic rings. The summed E-state index contributed by atoms with van der Waals surface area (Å²) in [6.45, 7) is 2.87. The van der Waals surface area contributed by atoms with Crippen molar-refractivity contribution in [3.63, 3.8) is 0 Å². The molecule has 0 aliphatic carbocycles. The molecule has 6 heteroatoms. The fraction of sp³-hybridized carbons (Fsp3) is 0.500. The second kappa shape index (κ2) is 5.83. The summed E-state index contributed by atoms with van der Waals surface area (Å²) in [5, 5.41) is 0. The summed E-state index contributed by atoms with van der Waals surface area (Å²) in [4.78, 5) is 15.9. The van der Waals surface area contributed by atoms with Gasteiger partial charge in [-0.1, -0.05) is 18.2 Å². The van der Waals surface area contributed by atoms with Crippen molar-refractivity contribution in [1.29, 1.82) is 0 Å². The Balaban J connectivity index is 2.01. The van der Waals surface area contributed by atoms with E-state index in [0.29, 0.717) is 18.7 Å². The molecule has 0 N–H and O–H groups in total. The van der Waals surface area contributed by atoms with E-state index in [0.717, 1.165) is 25.2 Å². The van der Waals surface area contributed by atoms with Crippen molar-refractivity contribution in [2.45, 2.75) is 12.6 Å². The zero-order valence-electron chi connectivity index (χ0n) is 11.3. The number of hydrogen-bond acceptors (Lipinski definition) is 2. The molecule has 0 bridgehead atoms. The summed E-state index contributed by atoms with van der Waals surface area (Å²) in [7, 11) is 1.98. The van der Waals surface area contributed by atoms with Crippen LogP contribution in [0, 0.1) is 0 Å². The van der Waals surface area contributed by atoms with Crippen molar-refractivity contribution in [1.82, 2.24) is 9.80 Å². The van der Waals surface area contributed by atoms with Crippen molar-refractivity contribution in [3.05, 3.63) is 35.4 Å². The molecule has 1 saturated heterocycles. The highest BCUT2D eigenvalue weighted by Gasteiger charge is 2.30. The Bertz CT molecular complexity index is 480. The van der Waals surface area contributed by atoms with Crippen molar-refractivity contribution in [2.24, 2.45) is 0 Å². The van der Waals surface area contributed by atoms with Crippen LogP contribution in [0.5, 0.6) is 0 Å². The number of amides is 1. The number of likely N-dealkylation sites (N-methyl/N-ethyl adjacent to an activating group) is 1. The molecule has 1 aromatic carbocycles. The number of halogens is 3. The molecule has 0 aromatic heterocycles. The lowest BCUT2D eigenvalue weighted by atomic mass is 10.1. The summed E-state index contributed by atoms with van der Waals surface area (Å²) in [6, 6.07) is 4.97. The predicted octanol–water partition coefficient (Wildman–Crippen LogP) is 2.02. The third-order valence-corrected chi connectivity index (χ3v) is 3.47. The fourth-order valence-electron chi connectivity index (χ4n) is 2.20. The number of carbonyl (C=O) groups is 1. The van der Waals surface area contributed by atoms with Crippen LogP contribution < -0.4 is 0 Å². The molecule has 1 heterocycles. The van der Waals surface area contributed by atoms with Crippen LogP contribution in [0.25, 0.3) is 0 Å². The number of alkyl halides is 3. The molecule has 1 amide bonds. The average molecular weight is 286 g/mol. The molecule has 0 radical (unpaired) electrons. The standard InChI is InChI=1S/C14H17F3N2O/c1-18-5-7-19(8-6-18)13(20)10-11-3-2-4-12(9-11)14(15,16)17/h2-4,9H,5-8,10H2,1H3. The highest BCUT2D eigenvalue weighted by atomic mass is 19.4. The van der Waals surface area contributed by atoms with Gasteiger partial charge in [0.05, 0.1) is 12.0 Å². The molecule has 20 heavy (non-hydrogen) atoms. The van der Waals surface area contributed by atoms with Gasteiger partial charge in [-0.15, -0.1) is 0 Å². The second-order valence-corrected chi connectivity index (χ2v) is 5.06. The number of piperazine rings is 1. The summed E-state index contributed by atoms with van der Waals surface area (Å²) in [6.07, 6.45) is -4.35. The molecule has 3 nitrogen and oxygen atoms in total. The Morgan fingerprint density at radius 3 is 2.45 bits per heavy atom. The lowest BCUT2D eigenvalue weighted by Crippen LogP contribution is -2.47. The number of carbonyl (C=O) groups excluding carboxylic acids is 1. The predicted molar refractivity (Wildman–Crippen MR) is 69.2 cm³/mol. The maximum atomic E-state index is 12.6. The highest BCUT2D eigenvalue weighted by molar-refractivity contribution is 5.79. The monoisotopic (exact) mass is 286 g/mol. The smallest absolute Gasteiger partial charge is 0.340 e. The number of rotatable bonds is 2. The Hall–Kier alpha value is -1.56. The van der Waals surface area contributed by atoms with Crippen molar-refractivity contribution < 1.29 is 18.0 Å². The van der Waals surface area contributed by atoms with Gasteiger partial charge in [-0.05, 0) is 18.7 Å². The van der Waals surface area contributed by atoms with Crippen LogP contribution in [0.2, 0.25) is 0 Å².